The van der Waals surface area contributed by atoms with Crippen LogP contribution in [0.1, 0.15) is 21.7 Å². The van der Waals surface area contributed by atoms with Gasteiger partial charge in [0.25, 0.3) is 5.91 Å². The standard InChI is InChI=1S/C13H15N3O3S/c1-9-7-12(13(17)15-20(3,18)19)10(2)16(9)11-5-4-6-14-8-11/h4-8H,1-3H3,(H,15,17). The fraction of sp³-hybridized carbons (Fsp3) is 0.231. The minimum atomic E-state index is -3.58. The zero-order valence-corrected chi connectivity index (χ0v) is 12.2. The number of sulfonamides is 1. The van der Waals surface area contributed by atoms with Crippen LogP contribution >= 0.6 is 0 Å². The molecule has 0 unspecified atom stereocenters. The number of aromatic nitrogens is 2. The second kappa shape index (κ2) is 5.09. The highest BCUT2D eigenvalue weighted by atomic mass is 32.2. The van der Waals surface area contributed by atoms with Gasteiger partial charge in [0.05, 0.1) is 23.7 Å². The third-order valence-electron chi connectivity index (χ3n) is 2.86. The highest BCUT2D eigenvalue weighted by molar-refractivity contribution is 7.89. The Hall–Kier alpha value is -2.15. The zero-order valence-electron chi connectivity index (χ0n) is 11.4. The van der Waals surface area contributed by atoms with E-state index in [4.69, 9.17) is 0 Å². The molecule has 0 aliphatic carbocycles. The highest BCUT2D eigenvalue weighted by Gasteiger charge is 2.19. The van der Waals surface area contributed by atoms with Crippen LogP contribution in [0.15, 0.2) is 30.6 Å². The van der Waals surface area contributed by atoms with E-state index in [2.05, 4.69) is 4.98 Å². The van der Waals surface area contributed by atoms with Crippen molar-refractivity contribution in [3.05, 3.63) is 47.5 Å². The minimum Gasteiger partial charge on any atom is -0.316 e. The van der Waals surface area contributed by atoms with Crippen molar-refractivity contribution in [2.75, 3.05) is 6.26 Å². The topological polar surface area (TPSA) is 81.1 Å². The molecule has 0 atom stereocenters. The monoisotopic (exact) mass is 293 g/mol. The van der Waals surface area contributed by atoms with Gasteiger partial charge in [-0.3, -0.25) is 9.78 Å². The van der Waals surface area contributed by atoms with Crippen LogP contribution in [0.5, 0.6) is 0 Å². The number of aryl methyl sites for hydroxylation is 1. The van der Waals surface area contributed by atoms with Crippen molar-refractivity contribution in [3.8, 4) is 5.69 Å². The number of carbonyl (C=O) groups excluding carboxylic acids is 1. The molecule has 0 saturated heterocycles. The number of amides is 1. The van der Waals surface area contributed by atoms with Crippen LogP contribution in [0.3, 0.4) is 0 Å². The number of hydrogen-bond donors (Lipinski definition) is 1. The average molecular weight is 293 g/mol. The maximum absolute atomic E-state index is 12.0. The molecular formula is C13H15N3O3S. The third kappa shape index (κ3) is 2.88. The summed E-state index contributed by atoms with van der Waals surface area (Å²) in [4.78, 5) is 16.0. The van der Waals surface area contributed by atoms with Crippen molar-refractivity contribution in [2.24, 2.45) is 0 Å². The summed E-state index contributed by atoms with van der Waals surface area (Å²) in [6, 6.07) is 5.32. The van der Waals surface area contributed by atoms with Gasteiger partial charge >= 0.3 is 0 Å². The molecule has 0 aromatic carbocycles. The van der Waals surface area contributed by atoms with Crippen molar-refractivity contribution in [1.29, 1.82) is 0 Å². The van der Waals surface area contributed by atoms with Crippen LogP contribution in [0.4, 0.5) is 0 Å². The maximum Gasteiger partial charge on any atom is 0.266 e. The summed E-state index contributed by atoms with van der Waals surface area (Å²) in [6.45, 7) is 3.61. The first-order chi connectivity index (χ1) is 9.29. The summed E-state index contributed by atoms with van der Waals surface area (Å²) in [5, 5.41) is 0. The number of nitrogens with one attached hydrogen (secondary N) is 1. The quantitative estimate of drug-likeness (QED) is 0.921. The second-order valence-corrected chi connectivity index (χ2v) is 6.28. The Balaban J connectivity index is 2.47. The summed E-state index contributed by atoms with van der Waals surface area (Å²) in [7, 11) is -3.58. The normalized spacial score (nSPS) is 11.3. The first kappa shape index (κ1) is 14.3. The molecule has 2 aromatic rings. The summed E-state index contributed by atoms with van der Waals surface area (Å²) in [5.74, 6) is -0.629. The highest BCUT2D eigenvalue weighted by Crippen LogP contribution is 2.20. The molecule has 0 aliphatic heterocycles. The van der Waals surface area contributed by atoms with Crippen LogP contribution < -0.4 is 4.72 Å². The molecule has 0 spiro atoms. The van der Waals surface area contributed by atoms with Crippen LogP contribution in [-0.4, -0.2) is 30.1 Å². The van der Waals surface area contributed by atoms with E-state index in [0.29, 0.717) is 11.3 Å². The van der Waals surface area contributed by atoms with E-state index in [9.17, 15) is 13.2 Å². The number of carbonyl (C=O) groups is 1. The fourth-order valence-corrected chi connectivity index (χ4v) is 2.55. The predicted octanol–water partition coefficient (Wildman–Crippen LogP) is 1.18. The van der Waals surface area contributed by atoms with Crippen molar-refractivity contribution >= 4 is 15.9 Å². The third-order valence-corrected chi connectivity index (χ3v) is 3.41. The molecule has 106 valence electrons. The van der Waals surface area contributed by atoms with E-state index in [1.165, 1.54) is 0 Å². The Labute approximate surface area is 117 Å². The van der Waals surface area contributed by atoms with Gasteiger partial charge in [-0.15, -0.1) is 0 Å². The van der Waals surface area contributed by atoms with Gasteiger partial charge in [0, 0.05) is 17.6 Å². The Bertz CT molecular complexity index is 749. The Morgan fingerprint density at radius 1 is 1.35 bits per heavy atom. The van der Waals surface area contributed by atoms with E-state index >= 15 is 0 Å². The Morgan fingerprint density at radius 3 is 2.60 bits per heavy atom. The molecule has 7 heteroatoms. The Morgan fingerprint density at radius 2 is 2.05 bits per heavy atom. The minimum absolute atomic E-state index is 0.330. The summed E-state index contributed by atoms with van der Waals surface area (Å²) in [5.41, 5.74) is 2.64. The summed E-state index contributed by atoms with van der Waals surface area (Å²) < 4.78 is 26.1. The van der Waals surface area contributed by atoms with E-state index in [1.807, 2.05) is 22.3 Å². The predicted molar refractivity (Wildman–Crippen MR) is 75.3 cm³/mol. The lowest BCUT2D eigenvalue weighted by atomic mass is 10.2. The number of pyridine rings is 1. The molecule has 0 bridgehead atoms. The van der Waals surface area contributed by atoms with Gasteiger partial charge in [0.2, 0.25) is 10.0 Å². The molecule has 2 rings (SSSR count). The SMILES string of the molecule is Cc1cc(C(=O)NS(C)(=O)=O)c(C)n1-c1cccnc1. The van der Waals surface area contributed by atoms with Crippen LogP contribution in [0.25, 0.3) is 5.69 Å². The lowest BCUT2D eigenvalue weighted by Gasteiger charge is -2.09. The van der Waals surface area contributed by atoms with Gasteiger partial charge in [0.15, 0.2) is 0 Å². The first-order valence-electron chi connectivity index (χ1n) is 5.91. The van der Waals surface area contributed by atoms with E-state index in [1.54, 1.807) is 31.5 Å². The Kier molecular flexibility index (Phi) is 3.63. The average Bonchev–Trinajstić information content (AvgIpc) is 2.64. The molecule has 0 saturated carbocycles. The molecule has 20 heavy (non-hydrogen) atoms. The van der Waals surface area contributed by atoms with Gasteiger partial charge < -0.3 is 4.57 Å². The molecule has 1 N–H and O–H groups in total. The molecular weight excluding hydrogens is 278 g/mol. The smallest absolute Gasteiger partial charge is 0.266 e. The summed E-state index contributed by atoms with van der Waals surface area (Å²) in [6.07, 6.45) is 4.29. The summed E-state index contributed by atoms with van der Waals surface area (Å²) >= 11 is 0. The van der Waals surface area contributed by atoms with Crippen LogP contribution in [0, 0.1) is 13.8 Å². The largest absolute Gasteiger partial charge is 0.316 e. The van der Waals surface area contributed by atoms with Crippen molar-refractivity contribution in [1.82, 2.24) is 14.3 Å². The second-order valence-electron chi connectivity index (χ2n) is 4.53. The number of nitrogens with zero attached hydrogens (tertiary/aromatic N) is 2. The molecule has 0 aliphatic rings. The first-order valence-corrected chi connectivity index (χ1v) is 7.80. The van der Waals surface area contributed by atoms with Crippen molar-refractivity contribution in [3.63, 3.8) is 0 Å². The molecule has 0 radical (unpaired) electrons. The molecule has 1 amide bonds. The van der Waals surface area contributed by atoms with E-state index in [0.717, 1.165) is 17.6 Å². The van der Waals surface area contributed by atoms with Gasteiger partial charge in [-0.05, 0) is 32.0 Å². The van der Waals surface area contributed by atoms with Crippen molar-refractivity contribution < 1.29 is 13.2 Å². The van der Waals surface area contributed by atoms with Crippen molar-refractivity contribution in [2.45, 2.75) is 13.8 Å². The van der Waals surface area contributed by atoms with Crippen LogP contribution in [0.2, 0.25) is 0 Å². The molecule has 6 nitrogen and oxygen atoms in total. The molecule has 2 heterocycles. The van der Waals surface area contributed by atoms with E-state index < -0.39 is 15.9 Å². The van der Waals surface area contributed by atoms with Gasteiger partial charge in [0.1, 0.15) is 0 Å². The van der Waals surface area contributed by atoms with Gasteiger partial charge in [-0.1, -0.05) is 0 Å². The number of rotatable bonds is 3. The lowest BCUT2D eigenvalue weighted by molar-refractivity contribution is 0.0981. The molecule has 2 aromatic heterocycles. The van der Waals surface area contributed by atoms with Gasteiger partial charge in [-0.25, -0.2) is 13.1 Å². The van der Waals surface area contributed by atoms with Gasteiger partial charge in [-0.2, -0.15) is 0 Å². The fourth-order valence-electron chi connectivity index (χ4n) is 2.10. The lowest BCUT2D eigenvalue weighted by Crippen LogP contribution is -2.29. The van der Waals surface area contributed by atoms with Crippen LogP contribution in [-0.2, 0) is 10.0 Å². The van der Waals surface area contributed by atoms with E-state index in [-0.39, 0.29) is 0 Å². The zero-order chi connectivity index (χ0) is 14.9. The number of hydrogen-bond acceptors (Lipinski definition) is 4. The molecule has 0 fully saturated rings. The maximum atomic E-state index is 12.0.